The van der Waals surface area contributed by atoms with Gasteiger partial charge in [0.1, 0.15) is 0 Å². The lowest BCUT2D eigenvalue weighted by molar-refractivity contribution is -0.179. The smallest absolute Gasteiger partial charge is 0.0535 e. The summed E-state index contributed by atoms with van der Waals surface area (Å²) in [5, 5.41) is 0. The van der Waals surface area contributed by atoms with Crippen molar-refractivity contribution < 1.29 is 4.74 Å². The molecule has 1 aliphatic carbocycles. The topological polar surface area (TPSA) is 35.2 Å². The fraction of sp³-hybridized carbons (Fsp3) is 1.00. The number of ether oxygens (including phenoxy) is 1. The molecule has 2 N–H and O–H groups in total. The zero-order chi connectivity index (χ0) is 7.24. The standard InChI is InChI=1S/C8H15NO.ClH/c1-7-2-8(3-7,4-9)6-10-5-7;/h2-6,9H2,1H3;1H. The molecule has 3 heteroatoms. The molecule has 0 spiro atoms. The van der Waals surface area contributed by atoms with Gasteiger partial charge in [0.15, 0.2) is 0 Å². The van der Waals surface area contributed by atoms with Crippen molar-refractivity contribution >= 4 is 12.4 Å². The molecule has 11 heavy (non-hydrogen) atoms. The van der Waals surface area contributed by atoms with Gasteiger partial charge >= 0.3 is 0 Å². The molecule has 3 aliphatic rings. The summed E-state index contributed by atoms with van der Waals surface area (Å²) < 4.78 is 5.45. The van der Waals surface area contributed by atoms with E-state index in [1.807, 2.05) is 0 Å². The van der Waals surface area contributed by atoms with E-state index in [0.29, 0.717) is 10.8 Å². The van der Waals surface area contributed by atoms with Crippen LogP contribution < -0.4 is 5.73 Å². The van der Waals surface area contributed by atoms with Crippen LogP contribution in [0.1, 0.15) is 19.8 Å². The van der Waals surface area contributed by atoms with Gasteiger partial charge in [0.2, 0.25) is 0 Å². The van der Waals surface area contributed by atoms with Crippen molar-refractivity contribution in [3.8, 4) is 0 Å². The Morgan fingerprint density at radius 1 is 1.36 bits per heavy atom. The Kier molecular flexibility index (Phi) is 2.21. The van der Waals surface area contributed by atoms with Gasteiger partial charge in [-0.25, -0.2) is 0 Å². The number of hydrogen-bond donors (Lipinski definition) is 1. The van der Waals surface area contributed by atoms with Gasteiger partial charge in [-0.3, -0.25) is 0 Å². The molecule has 0 amide bonds. The fourth-order valence-electron chi connectivity index (χ4n) is 2.68. The van der Waals surface area contributed by atoms with E-state index in [4.69, 9.17) is 10.5 Å². The zero-order valence-corrected chi connectivity index (χ0v) is 7.75. The first kappa shape index (κ1) is 9.30. The van der Waals surface area contributed by atoms with Gasteiger partial charge in [-0.2, -0.15) is 0 Å². The number of rotatable bonds is 1. The molecule has 2 aliphatic heterocycles. The Morgan fingerprint density at radius 2 is 2.00 bits per heavy atom. The molecule has 66 valence electrons. The van der Waals surface area contributed by atoms with Crippen LogP contribution >= 0.6 is 12.4 Å². The second kappa shape index (κ2) is 2.61. The number of fused-ring (bicyclic) bond motifs is 2. The third-order valence-corrected chi connectivity index (χ3v) is 2.90. The van der Waals surface area contributed by atoms with Crippen molar-refractivity contribution in [2.75, 3.05) is 19.8 Å². The Labute approximate surface area is 73.9 Å². The van der Waals surface area contributed by atoms with E-state index in [0.717, 1.165) is 19.8 Å². The largest absolute Gasteiger partial charge is 0.380 e. The lowest BCUT2D eigenvalue weighted by atomic mass is 9.52. The summed E-state index contributed by atoms with van der Waals surface area (Å²) in [5.41, 5.74) is 6.52. The van der Waals surface area contributed by atoms with Crippen LogP contribution in [0.3, 0.4) is 0 Å². The molecule has 0 aromatic heterocycles. The molecule has 3 rings (SSSR count). The summed E-state index contributed by atoms with van der Waals surface area (Å²) in [5.74, 6) is 0. The third-order valence-electron chi connectivity index (χ3n) is 2.90. The van der Waals surface area contributed by atoms with Crippen molar-refractivity contribution in [3.63, 3.8) is 0 Å². The molecule has 2 saturated heterocycles. The Bertz CT molecular complexity index is 154. The van der Waals surface area contributed by atoms with Gasteiger partial charge in [0.25, 0.3) is 0 Å². The second-order valence-electron chi connectivity index (χ2n) is 4.36. The van der Waals surface area contributed by atoms with E-state index >= 15 is 0 Å². The fourth-order valence-corrected chi connectivity index (χ4v) is 2.68. The molecular formula is C8H16ClNO. The van der Waals surface area contributed by atoms with Gasteiger partial charge in [0, 0.05) is 12.0 Å². The molecule has 2 heterocycles. The minimum atomic E-state index is 0. The van der Waals surface area contributed by atoms with E-state index in [2.05, 4.69) is 6.92 Å². The molecule has 0 atom stereocenters. The molecule has 2 nitrogen and oxygen atoms in total. The van der Waals surface area contributed by atoms with Gasteiger partial charge in [-0.05, 0) is 18.3 Å². The summed E-state index contributed by atoms with van der Waals surface area (Å²) in [7, 11) is 0. The molecule has 0 aromatic rings. The Hall–Kier alpha value is 0.210. The Morgan fingerprint density at radius 3 is 2.36 bits per heavy atom. The number of halogens is 1. The predicted molar refractivity (Wildman–Crippen MR) is 46.9 cm³/mol. The van der Waals surface area contributed by atoms with Crippen molar-refractivity contribution in [3.05, 3.63) is 0 Å². The van der Waals surface area contributed by atoms with Crippen LogP contribution in [0.2, 0.25) is 0 Å². The Balaban J connectivity index is 0.000000605. The van der Waals surface area contributed by atoms with Crippen LogP contribution in [-0.2, 0) is 4.74 Å². The lowest BCUT2D eigenvalue weighted by Crippen LogP contribution is -2.58. The van der Waals surface area contributed by atoms with Crippen LogP contribution in [0.4, 0.5) is 0 Å². The first-order valence-corrected chi connectivity index (χ1v) is 3.96. The van der Waals surface area contributed by atoms with Crippen molar-refractivity contribution in [1.82, 2.24) is 0 Å². The number of nitrogens with two attached hydrogens (primary N) is 1. The van der Waals surface area contributed by atoms with Crippen LogP contribution in [-0.4, -0.2) is 19.8 Å². The maximum Gasteiger partial charge on any atom is 0.0535 e. The van der Waals surface area contributed by atoms with E-state index in [-0.39, 0.29) is 12.4 Å². The average molecular weight is 178 g/mol. The monoisotopic (exact) mass is 177 g/mol. The second-order valence-corrected chi connectivity index (χ2v) is 4.36. The normalized spacial score (nSPS) is 47.5. The summed E-state index contributed by atoms with van der Waals surface area (Å²) in [6.07, 6.45) is 2.58. The minimum absolute atomic E-state index is 0. The highest BCUT2D eigenvalue weighted by atomic mass is 35.5. The zero-order valence-electron chi connectivity index (χ0n) is 6.93. The van der Waals surface area contributed by atoms with Crippen molar-refractivity contribution in [2.24, 2.45) is 16.6 Å². The highest BCUT2D eigenvalue weighted by molar-refractivity contribution is 5.85. The average Bonchev–Trinajstić information content (AvgIpc) is 1.86. The van der Waals surface area contributed by atoms with Gasteiger partial charge in [-0.15, -0.1) is 12.4 Å². The predicted octanol–water partition coefficient (Wildman–Crippen LogP) is 1.18. The summed E-state index contributed by atoms with van der Waals surface area (Å²) in [6.45, 7) is 4.95. The molecule has 0 aromatic carbocycles. The van der Waals surface area contributed by atoms with Crippen LogP contribution in [0.25, 0.3) is 0 Å². The molecule has 0 unspecified atom stereocenters. The maximum absolute atomic E-state index is 5.65. The highest BCUT2D eigenvalue weighted by Gasteiger charge is 2.54. The molecular weight excluding hydrogens is 162 g/mol. The van der Waals surface area contributed by atoms with Crippen LogP contribution in [0, 0.1) is 10.8 Å². The molecule has 3 fully saturated rings. The highest BCUT2D eigenvalue weighted by Crippen LogP contribution is 2.57. The summed E-state index contributed by atoms with van der Waals surface area (Å²) >= 11 is 0. The van der Waals surface area contributed by atoms with Crippen molar-refractivity contribution in [1.29, 1.82) is 0 Å². The van der Waals surface area contributed by atoms with Crippen LogP contribution in [0.15, 0.2) is 0 Å². The van der Waals surface area contributed by atoms with E-state index in [1.54, 1.807) is 0 Å². The van der Waals surface area contributed by atoms with E-state index < -0.39 is 0 Å². The first-order chi connectivity index (χ1) is 4.68. The minimum Gasteiger partial charge on any atom is -0.380 e. The molecule has 2 bridgehead atoms. The van der Waals surface area contributed by atoms with Crippen LogP contribution in [0.5, 0.6) is 0 Å². The molecule has 0 radical (unpaired) electrons. The van der Waals surface area contributed by atoms with Crippen molar-refractivity contribution in [2.45, 2.75) is 19.8 Å². The summed E-state index contributed by atoms with van der Waals surface area (Å²) in [4.78, 5) is 0. The quantitative estimate of drug-likeness (QED) is 0.653. The van der Waals surface area contributed by atoms with Gasteiger partial charge in [0.05, 0.1) is 13.2 Å². The summed E-state index contributed by atoms with van der Waals surface area (Å²) in [6, 6.07) is 0. The lowest BCUT2D eigenvalue weighted by Gasteiger charge is -2.58. The number of hydrogen-bond acceptors (Lipinski definition) is 2. The SMILES string of the molecule is CC12COCC(CN)(C1)C2.Cl. The first-order valence-electron chi connectivity index (χ1n) is 3.96. The van der Waals surface area contributed by atoms with E-state index in [1.165, 1.54) is 12.8 Å². The van der Waals surface area contributed by atoms with Gasteiger partial charge in [-0.1, -0.05) is 6.92 Å². The van der Waals surface area contributed by atoms with E-state index in [9.17, 15) is 0 Å². The van der Waals surface area contributed by atoms with Gasteiger partial charge < -0.3 is 10.5 Å². The molecule has 1 saturated carbocycles. The maximum atomic E-state index is 5.65. The third kappa shape index (κ3) is 1.28.